The molecule has 0 amide bonds. The second-order valence-corrected chi connectivity index (χ2v) is 11.3. The van der Waals surface area contributed by atoms with Crippen molar-refractivity contribution in [1.82, 2.24) is 0 Å². The smallest absolute Gasteiger partial charge is 0.333 e. The summed E-state index contributed by atoms with van der Waals surface area (Å²) >= 11 is 0. The van der Waals surface area contributed by atoms with Crippen molar-refractivity contribution in [3.05, 3.63) is 12.2 Å². The third-order valence-electron chi connectivity index (χ3n) is 6.59. The van der Waals surface area contributed by atoms with E-state index in [1.54, 1.807) is 6.92 Å². The number of carbonyl (C=O) groups is 1. The van der Waals surface area contributed by atoms with E-state index in [9.17, 15) is 30.8 Å². The molecule has 4 saturated carbocycles. The Morgan fingerprint density at radius 1 is 1.13 bits per heavy atom. The van der Waals surface area contributed by atoms with Crippen LogP contribution in [-0.2, 0) is 23.8 Å². The van der Waals surface area contributed by atoms with Crippen LogP contribution in [0.2, 0.25) is 0 Å². The van der Waals surface area contributed by atoms with Gasteiger partial charge in [0.25, 0.3) is 10.1 Å². The highest BCUT2D eigenvalue weighted by molar-refractivity contribution is 7.86. The molecule has 2 unspecified atom stereocenters. The number of hydrogen-bond acceptors (Lipinski definition) is 5. The number of ether oxygens (including phenoxy) is 1. The van der Waals surface area contributed by atoms with Gasteiger partial charge in [-0.1, -0.05) is 6.58 Å². The van der Waals surface area contributed by atoms with E-state index in [2.05, 4.69) is 10.8 Å². The van der Waals surface area contributed by atoms with Gasteiger partial charge in [-0.2, -0.15) is 17.2 Å². The fourth-order valence-electron chi connectivity index (χ4n) is 5.87. The molecule has 0 aliphatic heterocycles. The average molecular weight is 456 g/mol. The van der Waals surface area contributed by atoms with Crippen LogP contribution in [0, 0.1) is 17.3 Å². The first-order valence-corrected chi connectivity index (χ1v) is 11.7. The summed E-state index contributed by atoms with van der Waals surface area (Å²) in [6.45, 7) is 4.21. The van der Waals surface area contributed by atoms with Gasteiger partial charge in [0.15, 0.2) is 0 Å². The predicted octanol–water partition coefficient (Wildman–Crippen LogP) is 4.47. The van der Waals surface area contributed by atoms with E-state index in [-0.39, 0.29) is 24.3 Å². The Bertz CT molecular complexity index is 804. The minimum Gasteiger partial charge on any atom is -0.456 e. The van der Waals surface area contributed by atoms with Crippen molar-refractivity contribution < 1.29 is 39.7 Å². The van der Waals surface area contributed by atoms with Crippen molar-refractivity contribution in [1.29, 1.82) is 0 Å². The van der Waals surface area contributed by atoms with Crippen LogP contribution in [0.25, 0.3) is 0 Å². The first-order valence-electron chi connectivity index (χ1n) is 10.1. The summed E-state index contributed by atoms with van der Waals surface area (Å²) in [5.41, 5.74) is -1.15. The van der Waals surface area contributed by atoms with E-state index >= 15 is 0 Å². The number of hydrogen-bond donors (Lipinski definition) is 0. The second kappa shape index (κ2) is 7.46. The number of rotatable bonds is 9. The van der Waals surface area contributed by atoms with Gasteiger partial charge in [0.05, 0.1) is 12.4 Å². The van der Waals surface area contributed by atoms with Crippen LogP contribution in [-0.4, -0.2) is 44.2 Å². The van der Waals surface area contributed by atoms with E-state index in [0.717, 1.165) is 6.42 Å². The highest BCUT2D eigenvalue weighted by atomic mass is 32.2. The lowest BCUT2D eigenvalue weighted by Crippen LogP contribution is -2.59. The van der Waals surface area contributed by atoms with E-state index in [0.29, 0.717) is 32.1 Å². The van der Waals surface area contributed by atoms with Crippen LogP contribution in [0.3, 0.4) is 0 Å². The molecule has 30 heavy (non-hydrogen) atoms. The zero-order chi connectivity index (χ0) is 22.6. The molecule has 0 saturated heterocycles. The fraction of sp³-hybridized carbons (Fsp3) is 0.850. The summed E-state index contributed by atoms with van der Waals surface area (Å²) in [4.78, 5) is 12.1. The Labute approximate surface area is 174 Å². The Balaban J connectivity index is 1.68. The Morgan fingerprint density at radius 2 is 1.70 bits per heavy atom. The maximum Gasteiger partial charge on any atom is 0.333 e. The topological polar surface area (TPSA) is 69.7 Å². The van der Waals surface area contributed by atoms with Crippen LogP contribution < -0.4 is 0 Å². The molecule has 0 radical (unpaired) electrons. The average Bonchev–Trinajstić information content (AvgIpc) is 2.49. The van der Waals surface area contributed by atoms with Gasteiger partial charge in [-0.15, -0.1) is 0 Å². The van der Waals surface area contributed by atoms with E-state index < -0.39 is 57.7 Å². The molecule has 0 aromatic carbocycles. The highest BCUT2D eigenvalue weighted by Crippen LogP contribution is 2.63. The van der Waals surface area contributed by atoms with Crippen molar-refractivity contribution >= 4 is 16.1 Å². The van der Waals surface area contributed by atoms with Crippen molar-refractivity contribution in [2.24, 2.45) is 17.3 Å². The van der Waals surface area contributed by atoms with Crippen molar-refractivity contribution in [3.8, 4) is 0 Å². The molecule has 4 fully saturated rings. The molecule has 2 atom stereocenters. The van der Waals surface area contributed by atoms with Gasteiger partial charge in [-0.25, -0.2) is 13.6 Å². The van der Waals surface area contributed by atoms with Crippen LogP contribution in [0.1, 0.15) is 58.8 Å². The Kier molecular flexibility index (Phi) is 5.85. The zero-order valence-electron chi connectivity index (χ0n) is 17.2. The van der Waals surface area contributed by atoms with Crippen molar-refractivity contribution in [3.63, 3.8) is 0 Å². The van der Waals surface area contributed by atoms with Gasteiger partial charge in [0.1, 0.15) is 5.60 Å². The highest BCUT2D eigenvalue weighted by Gasteiger charge is 2.60. The second-order valence-electron chi connectivity index (χ2n) is 9.68. The molecule has 4 aliphatic carbocycles. The molecule has 172 valence electrons. The lowest BCUT2D eigenvalue weighted by molar-refractivity contribution is -0.203. The predicted molar refractivity (Wildman–Crippen MR) is 101 cm³/mol. The molecule has 5 nitrogen and oxygen atoms in total. The number of alkyl halides is 4. The van der Waals surface area contributed by atoms with Crippen molar-refractivity contribution in [2.75, 3.05) is 12.4 Å². The summed E-state index contributed by atoms with van der Waals surface area (Å²) < 4.78 is 88.0. The summed E-state index contributed by atoms with van der Waals surface area (Å²) in [5, 5.41) is 0. The summed E-state index contributed by atoms with van der Waals surface area (Å²) in [6, 6.07) is 0. The van der Waals surface area contributed by atoms with E-state index in [4.69, 9.17) is 4.74 Å². The fourth-order valence-corrected chi connectivity index (χ4v) is 7.38. The molecule has 4 aliphatic rings. The van der Waals surface area contributed by atoms with Gasteiger partial charge in [0, 0.05) is 18.9 Å². The van der Waals surface area contributed by atoms with Crippen molar-refractivity contribution in [2.45, 2.75) is 76.2 Å². The lowest BCUT2D eigenvalue weighted by Gasteiger charge is -2.61. The number of carbonyl (C=O) groups excluding carboxylic acids is 1. The SMILES string of the molecule is C=C(C)C(=O)OC12CC3CC(CC(CS(=O)(=O)OCCC(F)(F)C(C)(F)F)(C3)C1)C2. The third kappa shape index (κ3) is 4.84. The summed E-state index contributed by atoms with van der Waals surface area (Å²) in [6.07, 6.45) is 2.49. The molecule has 10 heteroatoms. The maximum atomic E-state index is 13.4. The largest absolute Gasteiger partial charge is 0.456 e. The minimum atomic E-state index is -4.36. The van der Waals surface area contributed by atoms with E-state index in [1.165, 1.54) is 0 Å². The Morgan fingerprint density at radius 3 is 2.20 bits per heavy atom. The first-order chi connectivity index (χ1) is 13.6. The standard InChI is InChI=1S/C20H28F4O5S/c1-13(2)16(25)29-19-9-14-6-15(10-19)8-18(7-14,11-19)12-30(26,27)28-5-4-20(23,24)17(3,21)22/h14-15H,1,4-12H2,2-3H3. The van der Waals surface area contributed by atoms with Crippen LogP contribution >= 0.6 is 0 Å². The minimum absolute atomic E-state index is 0.0859. The third-order valence-corrected chi connectivity index (χ3v) is 8.08. The van der Waals surface area contributed by atoms with Gasteiger partial charge < -0.3 is 4.74 Å². The quantitative estimate of drug-likeness (QED) is 0.222. The molecule has 0 aromatic heterocycles. The molecular weight excluding hydrogens is 428 g/mol. The first kappa shape index (κ1) is 23.5. The maximum absolute atomic E-state index is 13.4. The normalized spacial score (nSPS) is 33.5. The monoisotopic (exact) mass is 456 g/mol. The molecule has 0 spiro atoms. The molecule has 0 heterocycles. The van der Waals surface area contributed by atoms with Gasteiger partial charge in [-0.05, 0) is 62.7 Å². The lowest BCUT2D eigenvalue weighted by atomic mass is 9.48. The Hall–Kier alpha value is -1.16. The number of halogens is 4. The molecule has 4 bridgehead atoms. The summed E-state index contributed by atoms with van der Waals surface area (Å²) in [5.74, 6) is -9.10. The van der Waals surface area contributed by atoms with Crippen LogP contribution in [0.5, 0.6) is 0 Å². The zero-order valence-corrected chi connectivity index (χ0v) is 18.0. The van der Waals surface area contributed by atoms with Gasteiger partial charge >= 0.3 is 17.8 Å². The molecular formula is C20H28F4O5S. The van der Waals surface area contributed by atoms with Crippen LogP contribution in [0.15, 0.2) is 12.2 Å². The molecule has 0 N–H and O–H groups in total. The van der Waals surface area contributed by atoms with Crippen LogP contribution in [0.4, 0.5) is 17.6 Å². The summed E-state index contributed by atoms with van der Waals surface area (Å²) in [7, 11) is -4.22. The molecule has 0 aromatic rings. The van der Waals surface area contributed by atoms with E-state index in [1.807, 2.05) is 0 Å². The van der Waals surface area contributed by atoms with Gasteiger partial charge in [0.2, 0.25) is 0 Å². The van der Waals surface area contributed by atoms with Gasteiger partial charge in [-0.3, -0.25) is 4.18 Å². The number of esters is 1. The molecule has 4 rings (SSSR count).